The molecule has 0 saturated heterocycles. The number of carbonyl (C=O) groups is 1. The summed E-state index contributed by atoms with van der Waals surface area (Å²) < 4.78 is 0. The number of aromatic nitrogens is 2. The molecule has 0 aliphatic rings. The third-order valence-corrected chi connectivity index (χ3v) is 3.78. The van der Waals surface area contributed by atoms with Gasteiger partial charge in [-0.1, -0.05) is 35.3 Å². The van der Waals surface area contributed by atoms with Gasteiger partial charge in [-0.05, 0) is 30.3 Å². The fourth-order valence-electron chi connectivity index (χ4n) is 1.99. The predicted octanol–water partition coefficient (Wildman–Crippen LogP) is 3.80. The minimum atomic E-state index is -0.228. The van der Waals surface area contributed by atoms with Crippen molar-refractivity contribution in [2.45, 2.75) is 6.54 Å². The quantitative estimate of drug-likeness (QED) is 0.771. The molecule has 3 aromatic rings. The molecule has 2 N–H and O–H groups in total. The molecule has 1 amide bonds. The van der Waals surface area contributed by atoms with Gasteiger partial charge in [-0.25, -0.2) is 4.98 Å². The number of imidazole rings is 1. The van der Waals surface area contributed by atoms with E-state index in [1.54, 1.807) is 12.1 Å². The number of para-hydroxylation sites is 2. The molecule has 3 rings (SSSR count). The van der Waals surface area contributed by atoms with Crippen molar-refractivity contribution in [3.8, 4) is 0 Å². The Balaban J connectivity index is 1.71. The largest absolute Gasteiger partial charge is 0.345 e. The number of nitrogens with zero attached hydrogens (tertiary/aromatic N) is 1. The first-order valence-electron chi connectivity index (χ1n) is 6.30. The lowest BCUT2D eigenvalue weighted by atomic mass is 10.2. The van der Waals surface area contributed by atoms with Gasteiger partial charge in [0.25, 0.3) is 5.91 Å². The van der Waals surface area contributed by atoms with E-state index in [2.05, 4.69) is 15.3 Å². The summed E-state index contributed by atoms with van der Waals surface area (Å²) in [7, 11) is 0. The average molecular weight is 320 g/mol. The molecule has 0 fully saturated rings. The summed E-state index contributed by atoms with van der Waals surface area (Å²) in [6.07, 6.45) is 0. The van der Waals surface area contributed by atoms with Gasteiger partial charge in [0.15, 0.2) is 0 Å². The van der Waals surface area contributed by atoms with E-state index in [4.69, 9.17) is 23.2 Å². The molecule has 106 valence electrons. The summed E-state index contributed by atoms with van der Waals surface area (Å²) in [5.41, 5.74) is 2.27. The minimum absolute atomic E-state index is 0.228. The molecule has 2 aromatic carbocycles. The third kappa shape index (κ3) is 3.01. The maximum Gasteiger partial charge on any atom is 0.251 e. The van der Waals surface area contributed by atoms with E-state index in [0.717, 1.165) is 11.0 Å². The molecule has 0 atom stereocenters. The van der Waals surface area contributed by atoms with Gasteiger partial charge in [0.1, 0.15) is 5.82 Å². The molecule has 1 aromatic heterocycles. The second-order valence-electron chi connectivity index (χ2n) is 4.51. The lowest BCUT2D eigenvalue weighted by molar-refractivity contribution is 0.0950. The SMILES string of the molecule is O=C(NCc1nc2ccccc2[nH]1)c1ccc(Cl)c(Cl)c1. The van der Waals surface area contributed by atoms with E-state index in [1.165, 1.54) is 6.07 Å². The fraction of sp³-hybridized carbons (Fsp3) is 0.0667. The first kappa shape index (κ1) is 13.9. The predicted molar refractivity (Wildman–Crippen MR) is 83.7 cm³/mol. The number of aromatic amines is 1. The summed E-state index contributed by atoms with van der Waals surface area (Å²) in [5, 5.41) is 3.56. The number of fused-ring (bicyclic) bond motifs is 1. The fourth-order valence-corrected chi connectivity index (χ4v) is 2.29. The van der Waals surface area contributed by atoms with Crippen LogP contribution in [-0.2, 0) is 6.54 Å². The van der Waals surface area contributed by atoms with Crippen LogP contribution in [0.1, 0.15) is 16.2 Å². The molecule has 1 heterocycles. The summed E-state index contributed by atoms with van der Waals surface area (Å²) in [4.78, 5) is 19.6. The van der Waals surface area contributed by atoms with Gasteiger partial charge in [-0.15, -0.1) is 0 Å². The van der Waals surface area contributed by atoms with Crippen molar-refractivity contribution in [3.05, 3.63) is 63.9 Å². The molecule has 21 heavy (non-hydrogen) atoms. The van der Waals surface area contributed by atoms with Crippen molar-refractivity contribution in [1.29, 1.82) is 0 Å². The molecule has 0 unspecified atom stereocenters. The van der Waals surface area contributed by atoms with Gasteiger partial charge in [-0.2, -0.15) is 0 Å². The topological polar surface area (TPSA) is 57.8 Å². The Morgan fingerprint density at radius 1 is 1.14 bits per heavy atom. The van der Waals surface area contributed by atoms with Crippen molar-refractivity contribution in [1.82, 2.24) is 15.3 Å². The lowest BCUT2D eigenvalue weighted by Gasteiger charge is -2.04. The van der Waals surface area contributed by atoms with Crippen LogP contribution in [-0.4, -0.2) is 15.9 Å². The lowest BCUT2D eigenvalue weighted by Crippen LogP contribution is -2.23. The van der Waals surface area contributed by atoms with E-state index in [-0.39, 0.29) is 5.91 Å². The Kier molecular flexibility index (Phi) is 3.82. The van der Waals surface area contributed by atoms with Gasteiger partial charge in [0, 0.05) is 5.56 Å². The summed E-state index contributed by atoms with van der Waals surface area (Å²) in [6.45, 7) is 0.313. The Hall–Kier alpha value is -2.04. The summed E-state index contributed by atoms with van der Waals surface area (Å²) in [5.74, 6) is 0.471. The molecular formula is C15H11Cl2N3O. The molecule has 0 aliphatic heterocycles. The van der Waals surface area contributed by atoms with Crippen LogP contribution in [0.25, 0.3) is 11.0 Å². The number of carbonyl (C=O) groups excluding carboxylic acids is 1. The van der Waals surface area contributed by atoms with Crippen molar-refractivity contribution >= 4 is 40.1 Å². The van der Waals surface area contributed by atoms with Crippen LogP contribution < -0.4 is 5.32 Å². The molecule has 0 bridgehead atoms. The Bertz CT molecular complexity index is 781. The van der Waals surface area contributed by atoms with Crippen LogP contribution in [0, 0.1) is 0 Å². The van der Waals surface area contributed by atoms with E-state index >= 15 is 0 Å². The number of H-pyrrole nitrogens is 1. The molecule has 6 heteroatoms. The standard InChI is InChI=1S/C15H11Cl2N3O/c16-10-6-5-9(7-11(10)17)15(21)18-8-14-19-12-3-1-2-4-13(12)20-14/h1-7H,8H2,(H,18,21)(H,19,20). The molecule has 0 saturated carbocycles. The van der Waals surface area contributed by atoms with Crippen molar-refractivity contribution in [2.24, 2.45) is 0 Å². The molecule has 0 aliphatic carbocycles. The van der Waals surface area contributed by atoms with E-state index in [0.29, 0.717) is 28.0 Å². The van der Waals surface area contributed by atoms with Crippen LogP contribution in [0.15, 0.2) is 42.5 Å². The zero-order chi connectivity index (χ0) is 14.8. The second-order valence-corrected chi connectivity index (χ2v) is 5.33. The highest BCUT2D eigenvalue weighted by Gasteiger charge is 2.09. The number of nitrogens with one attached hydrogen (secondary N) is 2. The van der Waals surface area contributed by atoms with Gasteiger partial charge >= 0.3 is 0 Å². The zero-order valence-electron chi connectivity index (χ0n) is 10.9. The summed E-state index contributed by atoms with van der Waals surface area (Å²) in [6, 6.07) is 12.5. The number of rotatable bonds is 3. The first-order chi connectivity index (χ1) is 10.1. The normalized spacial score (nSPS) is 10.8. The van der Waals surface area contributed by atoms with E-state index in [9.17, 15) is 4.79 Å². The number of halogens is 2. The van der Waals surface area contributed by atoms with Crippen LogP contribution in [0.4, 0.5) is 0 Å². The van der Waals surface area contributed by atoms with Crippen LogP contribution in [0.5, 0.6) is 0 Å². The Morgan fingerprint density at radius 3 is 2.71 bits per heavy atom. The highest BCUT2D eigenvalue weighted by atomic mass is 35.5. The van der Waals surface area contributed by atoms with Gasteiger partial charge < -0.3 is 10.3 Å². The van der Waals surface area contributed by atoms with Crippen LogP contribution in [0.2, 0.25) is 10.0 Å². The molecule has 4 nitrogen and oxygen atoms in total. The molecular weight excluding hydrogens is 309 g/mol. The van der Waals surface area contributed by atoms with E-state index < -0.39 is 0 Å². The number of hydrogen-bond donors (Lipinski definition) is 2. The Morgan fingerprint density at radius 2 is 1.95 bits per heavy atom. The van der Waals surface area contributed by atoms with Crippen molar-refractivity contribution in [3.63, 3.8) is 0 Å². The monoisotopic (exact) mass is 319 g/mol. The van der Waals surface area contributed by atoms with Gasteiger partial charge in [0.2, 0.25) is 0 Å². The van der Waals surface area contributed by atoms with Crippen molar-refractivity contribution < 1.29 is 4.79 Å². The molecule has 0 radical (unpaired) electrons. The van der Waals surface area contributed by atoms with Gasteiger partial charge in [0.05, 0.1) is 27.6 Å². The highest BCUT2D eigenvalue weighted by Crippen LogP contribution is 2.22. The average Bonchev–Trinajstić information content (AvgIpc) is 2.90. The Labute approximate surface area is 131 Å². The summed E-state index contributed by atoms with van der Waals surface area (Å²) >= 11 is 11.7. The maximum atomic E-state index is 12.0. The van der Waals surface area contributed by atoms with Crippen LogP contribution >= 0.6 is 23.2 Å². The van der Waals surface area contributed by atoms with Gasteiger partial charge in [-0.3, -0.25) is 4.79 Å². The van der Waals surface area contributed by atoms with Crippen molar-refractivity contribution in [2.75, 3.05) is 0 Å². The molecule has 0 spiro atoms. The van der Waals surface area contributed by atoms with E-state index in [1.807, 2.05) is 24.3 Å². The zero-order valence-corrected chi connectivity index (χ0v) is 12.4. The number of amides is 1. The number of hydrogen-bond acceptors (Lipinski definition) is 2. The third-order valence-electron chi connectivity index (χ3n) is 3.04. The maximum absolute atomic E-state index is 12.0. The van der Waals surface area contributed by atoms with Crippen LogP contribution in [0.3, 0.4) is 0 Å². The second kappa shape index (κ2) is 5.76. The minimum Gasteiger partial charge on any atom is -0.345 e. The first-order valence-corrected chi connectivity index (χ1v) is 7.06. The smallest absolute Gasteiger partial charge is 0.251 e. The highest BCUT2D eigenvalue weighted by molar-refractivity contribution is 6.42. The number of benzene rings is 2.